The number of carbonyl (C=O) groups excluding carboxylic acids is 1. The maximum absolute atomic E-state index is 12.2. The molecule has 0 spiro atoms. The van der Waals surface area contributed by atoms with Crippen LogP contribution in [0.3, 0.4) is 0 Å². The zero-order chi connectivity index (χ0) is 14.5. The van der Waals surface area contributed by atoms with Gasteiger partial charge >= 0.3 is 0 Å². The van der Waals surface area contributed by atoms with Crippen molar-refractivity contribution in [2.24, 2.45) is 0 Å². The van der Waals surface area contributed by atoms with Crippen LogP contribution in [0, 0.1) is 25.7 Å². The van der Waals surface area contributed by atoms with Crippen LogP contribution in [-0.4, -0.2) is 22.6 Å². The fraction of sp³-hybridized carbons (Fsp3) is 0.200. The number of hydrogen-bond acceptors (Lipinski definition) is 4. The van der Waals surface area contributed by atoms with Crippen LogP contribution >= 0.6 is 11.3 Å². The second-order valence-electron chi connectivity index (χ2n) is 4.21. The number of anilines is 1. The number of aliphatic hydroxyl groups is 1. The molecule has 0 aliphatic carbocycles. The van der Waals surface area contributed by atoms with Crippen molar-refractivity contribution in [3.05, 3.63) is 45.4 Å². The van der Waals surface area contributed by atoms with Crippen molar-refractivity contribution < 1.29 is 9.90 Å². The predicted octanol–water partition coefficient (Wildman–Crippen LogP) is 2.36. The quantitative estimate of drug-likeness (QED) is 0.833. The number of aliphatic hydroxyl groups excluding tert-OH is 1. The van der Waals surface area contributed by atoms with Crippen LogP contribution in [0.2, 0.25) is 0 Å². The number of amides is 1. The first kappa shape index (κ1) is 14.3. The van der Waals surface area contributed by atoms with Gasteiger partial charge in [0.1, 0.15) is 11.5 Å². The Balaban J connectivity index is 2.25. The molecule has 0 fully saturated rings. The van der Waals surface area contributed by atoms with E-state index in [4.69, 9.17) is 5.11 Å². The van der Waals surface area contributed by atoms with Crippen molar-refractivity contribution in [2.45, 2.75) is 13.8 Å². The average Bonchev–Trinajstić information content (AvgIpc) is 2.86. The van der Waals surface area contributed by atoms with E-state index in [2.05, 4.69) is 22.1 Å². The molecule has 0 saturated carbocycles. The molecule has 0 atom stereocenters. The molecular weight excluding hydrogens is 272 g/mol. The van der Waals surface area contributed by atoms with Crippen molar-refractivity contribution in [3.63, 3.8) is 0 Å². The summed E-state index contributed by atoms with van der Waals surface area (Å²) in [5.41, 5.74) is 4.80. The summed E-state index contributed by atoms with van der Waals surface area (Å²) in [6.45, 7) is 3.54. The molecule has 2 N–H and O–H groups in total. The summed E-state index contributed by atoms with van der Waals surface area (Å²) in [6.07, 6.45) is 0. The summed E-state index contributed by atoms with van der Waals surface area (Å²) in [7, 11) is 0. The minimum Gasteiger partial charge on any atom is -0.384 e. The third-order valence-corrected chi connectivity index (χ3v) is 3.68. The minimum atomic E-state index is -0.185. The summed E-state index contributed by atoms with van der Waals surface area (Å²) in [5, 5.41) is 11.6. The average molecular weight is 286 g/mol. The molecule has 102 valence electrons. The number of nitrogens with one attached hydrogen (secondary N) is 1. The van der Waals surface area contributed by atoms with Gasteiger partial charge < -0.3 is 10.4 Å². The van der Waals surface area contributed by atoms with Gasteiger partial charge in [-0.3, -0.25) is 4.79 Å². The standard InChI is InChI=1S/C15H14N2O2S/c1-10-5-6-12(4-3-7-18)8-13(10)17-15(19)14-11(2)16-9-20-14/h5-6,8-9,18H,7H2,1-2H3,(H,17,19). The third kappa shape index (κ3) is 3.23. The van der Waals surface area contributed by atoms with E-state index in [-0.39, 0.29) is 12.5 Å². The molecule has 2 rings (SSSR count). The number of benzene rings is 1. The number of aryl methyl sites for hydroxylation is 2. The Morgan fingerprint density at radius 2 is 2.25 bits per heavy atom. The highest BCUT2D eigenvalue weighted by Gasteiger charge is 2.12. The molecule has 0 radical (unpaired) electrons. The van der Waals surface area contributed by atoms with E-state index in [9.17, 15) is 4.79 Å². The van der Waals surface area contributed by atoms with E-state index in [1.54, 1.807) is 18.5 Å². The molecule has 0 aliphatic heterocycles. The monoisotopic (exact) mass is 286 g/mol. The van der Waals surface area contributed by atoms with E-state index in [0.29, 0.717) is 10.6 Å². The Morgan fingerprint density at radius 3 is 2.90 bits per heavy atom. The molecule has 0 bridgehead atoms. The van der Waals surface area contributed by atoms with Crippen LogP contribution in [0.5, 0.6) is 0 Å². The molecule has 0 aliphatic rings. The van der Waals surface area contributed by atoms with Crippen LogP contribution in [0.25, 0.3) is 0 Å². The summed E-state index contributed by atoms with van der Waals surface area (Å²) in [6, 6.07) is 5.54. The SMILES string of the molecule is Cc1ccc(C#CCO)cc1NC(=O)c1scnc1C. The van der Waals surface area contributed by atoms with Gasteiger partial charge in [0.15, 0.2) is 0 Å². The summed E-state index contributed by atoms with van der Waals surface area (Å²) >= 11 is 1.32. The van der Waals surface area contributed by atoms with Crippen LogP contribution in [0.15, 0.2) is 23.7 Å². The first-order valence-electron chi connectivity index (χ1n) is 6.03. The molecule has 2 aromatic rings. The Morgan fingerprint density at radius 1 is 1.45 bits per heavy atom. The van der Waals surface area contributed by atoms with Gasteiger partial charge in [0.05, 0.1) is 11.2 Å². The lowest BCUT2D eigenvalue weighted by Gasteiger charge is -2.08. The highest BCUT2D eigenvalue weighted by molar-refractivity contribution is 7.12. The second kappa shape index (κ2) is 6.33. The Hall–Kier alpha value is -2.16. The number of thiazole rings is 1. The lowest BCUT2D eigenvalue weighted by molar-refractivity contribution is 0.102. The first-order chi connectivity index (χ1) is 9.61. The third-order valence-electron chi connectivity index (χ3n) is 2.75. The van der Waals surface area contributed by atoms with Gasteiger partial charge in [-0.2, -0.15) is 0 Å². The van der Waals surface area contributed by atoms with Crippen molar-refractivity contribution in [2.75, 3.05) is 11.9 Å². The fourth-order valence-corrected chi connectivity index (χ4v) is 2.37. The largest absolute Gasteiger partial charge is 0.384 e. The number of aromatic nitrogens is 1. The summed E-state index contributed by atoms with van der Waals surface area (Å²) in [4.78, 5) is 16.8. The predicted molar refractivity (Wildman–Crippen MR) is 79.9 cm³/mol. The molecule has 4 nitrogen and oxygen atoms in total. The minimum absolute atomic E-state index is 0.166. The van der Waals surface area contributed by atoms with Gasteiger partial charge in [-0.25, -0.2) is 4.98 Å². The second-order valence-corrected chi connectivity index (χ2v) is 5.07. The smallest absolute Gasteiger partial charge is 0.267 e. The molecule has 0 unspecified atom stereocenters. The topological polar surface area (TPSA) is 62.2 Å². The van der Waals surface area contributed by atoms with Crippen LogP contribution in [0.1, 0.15) is 26.5 Å². The maximum Gasteiger partial charge on any atom is 0.267 e. The van der Waals surface area contributed by atoms with Crippen molar-refractivity contribution in [1.29, 1.82) is 0 Å². The van der Waals surface area contributed by atoms with Crippen LogP contribution in [-0.2, 0) is 0 Å². The fourth-order valence-electron chi connectivity index (χ4n) is 1.67. The van der Waals surface area contributed by atoms with E-state index in [1.165, 1.54) is 11.3 Å². The maximum atomic E-state index is 12.2. The van der Waals surface area contributed by atoms with E-state index in [1.807, 2.05) is 19.1 Å². The van der Waals surface area contributed by atoms with E-state index < -0.39 is 0 Å². The van der Waals surface area contributed by atoms with Crippen LogP contribution in [0.4, 0.5) is 5.69 Å². The van der Waals surface area contributed by atoms with Crippen molar-refractivity contribution in [3.8, 4) is 11.8 Å². The molecule has 1 aromatic heterocycles. The molecule has 0 saturated heterocycles. The van der Waals surface area contributed by atoms with Crippen LogP contribution < -0.4 is 5.32 Å². The molecule has 1 aromatic carbocycles. The van der Waals surface area contributed by atoms with E-state index in [0.717, 1.165) is 16.8 Å². The van der Waals surface area contributed by atoms with E-state index >= 15 is 0 Å². The number of hydrogen-bond donors (Lipinski definition) is 2. The highest BCUT2D eigenvalue weighted by Crippen LogP contribution is 2.19. The Labute approximate surface area is 121 Å². The van der Waals surface area contributed by atoms with Gasteiger partial charge in [-0.1, -0.05) is 17.9 Å². The Bertz CT molecular complexity index is 695. The summed E-state index contributed by atoms with van der Waals surface area (Å²) in [5.74, 6) is 5.24. The molecule has 5 heteroatoms. The van der Waals surface area contributed by atoms with Crippen molar-refractivity contribution in [1.82, 2.24) is 4.98 Å². The lowest BCUT2D eigenvalue weighted by atomic mass is 10.1. The molecular formula is C15H14N2O2S. The van der Waals surface area contributed by atoms with Crippen molar-refractivity contribution >= 4 is 22.9 Å². The van der Waals surface area contributed by atoms with Gasteiger partial charge in [0.2, 0.25) is 0 Å². The summed E-state index contributed by atoms with van der Waals surface area (Å²) < 4.78 is 0. The number of carbonyl (C=O) groups is 1. The first-order valence-corrected chi connectivity index (χ1v) is 6.91. The molecule has 1 heterocycles. The van der Waals surface area contributed by atoms with Gasteiger partial charge in [0.25, 0.3) is 5.91 Å². The van der Waals surface area contributed by atoms with Gasteiger partial charge in [-0.15, -0.1) is 11.3 Å². The lowest BCUT2D eigenvalue weighted by Crippen LogP contribution is -2.12. The highest BCUT2D eigenvalue weighted by atomic mass is 32.1. The zero-order valence-electron chi connectivity index (χ0n) is 11.2. The number of nitrogens with zero attached hydrogens (tertiary/aromatic N) is 1. The normalized spacial score (nSPS) is 9.75. The molecule has 1 amide bonds. The molecule has 20 heavy (non-hydrogen) atoms. The number of rotatable bonds is 2. The zero-order valence-corrected chi connectivity index (χ0v) is 12.0. The van der Waals surface area contributed by atoms with Gasteiger partial charge in [0, 0.05) is 11.3 Å². The Kier molecular flexibility index (Phi) is 4.51. The van der Waals surface area contributed by atoms with Gasteiger partial charge in [-0.05, 0) is 31.5 Å².